The molecule has 0 spiro atoms. The SMILES string of the molecule is Cc1ccc2c(C3(N)C=CC(N)=CN3)nccc2c1[N+](=O)[O-]. The van der Waals surface area contributed by atoms with Crippen molar-refractivity contribution in [1.82, 2.24) is 10.3 Å². The third-order valence-corrected chi connectivity index (χ3v) is 3.71. The zero-order valence-electron chi connectivity index (χ0n) is 11.9. The fraction of sp³-hybridized carbons (Fsp3) is 0.133. The van der Waals surface area contributed by atoms with Crippen molar-refractivity contribution in [1.29, 1.82) is 0 Å². The van der Waals surface area contributed by atoms with Crippen LogP contribution in [0.1, 0.15) is 11.3 Å². The van der Waals surface area contributed by atoms with E-state index in [1.807, 2.05) is 0 Å². The van der Waals surface area contributed by atoms with Crippen molar-refractivity contribution in [3.63, 3.8) is 0 Å². The smallest absolute Gasteiger partial charge is 0.280 e. The van der Waals surface area contributed by atoms with E-state index >= 15 is 0 Å². The number of aryl methyl sites for hydroxylation is 1. The van der Waals surface area contributed by atoms with E-state index in [4.69, 9.17) is 11.5 Å². The van der Waals surface area contributed by atoms with Crippen LogP contribution in [0.5, 0.6) is 0 Å². The first-order valence-corrected chi connectivity index (χ1v) is 6.67. The van der Waals surface area contributed by atoms with Gasteiger partial charge in [0.05, 0.1) is 16.0 Å². The Morgan fingerprint density at radius 2 is 2.09 bits per heavy atom. The van der Waals surface area contributed by atoms with Gasteiger partial charge >= 0.3 is 0 Å². The largest absolute Gasteiger partial charge is 0.398 e. The first-order valence-electron chi connectivity index (χ1n) is 6.67. The highest BCUT2D eigenvalue weighted by atomic mass is 16.6. The lowest BCUT2D eigenvalue weighted by atomic mass is 9.96. The second-order valence-electron chi connectivity index (χ2n) is 5.23. The Morgan fingerprint density at radius 3 is 2.73 bits per heavy atom. The van der Waals surface area contributed by atoms with Crippen molar-refractivity contribution in [2.45, 2.75) is 12.6 Å². The Hall–Kier alpha value is -2.93. The fourth-order valence-corrected chi connectivity index (χ4v) is 2.59. The summed E-state index contributed by atoms with van der Waals surface area (Å²) >= 11 is 0. The number of aromatic nitrogens is 1. The number of fused-ring (bicyclic) bond motifs is 1. The second kappa shape index (κ2) is 4.81. The number of hydrogen-bond donors (Lipinski definition) is 3. The van der Waals surface area contributed by atoms with Gasteiger partial charge in [0.2, 0.25) is 0 Å². The van der Waals surface area contributed by atoms with Gasteiger partial charge in [-0.1, -0.05) is 12.1 Å². The Morgan fingerprint density at radius 1 is 1.32 bits per heavy atom. The van der Waals surface area contributed by atoms with E-state index in [1.54, 1.807) is 43.5 Å². The van der Waals surface area contributed by atoms with Crippen LogP contribution in [0.15, 0.2) is 48.4 Å². The summed E-state index contributed by atoms with van der Waals surface area (Å²) in [5.74, 6) is 0. The predicted molar refractivity (Wildman–Crippen MR) is 83.5 cm³/mol. The molecule has 1 atom stereocenters. The molecule has 0 fully saturated rings. The number of nitro benzene ring substituents is 1. The number of nitro groups is 1. The van der Waals surface area contributed by atoms with Crippen LogP contribution in [0.3, 0.4) is 0 Å². The van der Waals surface area contributed by atoms with Crippen molar-refractivity contribution in [2.24, 2.45) is 11.5 Å². The summed E-state index contributed by atoms with van der Waals surface area (Å²) in [6, 6.07) is 5.13. The molecule has 2 aromatic rings. The van der Waals surface area contributed by atoms with Gasteiger partial charge in [0, 0.05) is 29.0 Å². The summed E-state index contributed by atoms with van der Waals surface area (Å²) in [6.07, 6.45) is 6.48. The average Bonchev–Trinajstić information content (AvgIpc) is 2.49. The molecule has 5 N–H and O–H groups in total. The minimum absolute atomic E-state index is 0.0691. The zero-order valence-corrected chi connectivity index (χ0v) is 11.9. The highest BCUT2D eigenvalue weighted by Crippen LogP contribution is 2.33. The molecular formula is C15H15N5O2. The summed E-state index contributed by atoms with van der Waals surface area (Å²) in [7, 11) is 0. The molecule has 7 nitrogen and oxygen atoms in total. The van der Waals surface area contributed by atoms with Gasteiger partial charge in [-0.05, 0) is 25.1 Å². The molecule has 22 heavy (non-hydrogen) atoms. The number of allylic oxidation sites excluding steroid dienone is 1. The average molecular weight is 297 g/mol. The lowest BCUT2D eigenvalue weighted by molar-refractivity contribution is -0.383. The topological polar surface area (TPSA) is 120 Å². The van der Waals surface area contributed by atoms with Crippen LogP contribution >= 0.6 is 0 Å². The van der Waals surface area contributed by atoms with E-state index in [-0.39, 0.29) is 10.6 Å². The van der Waals surface area contributed by atoms with Crippen LogP contribution in [-0.4, -0.2) is 9.91 Å². The Bertz CT molecular complexity index is 843. The van der Waals surface area contributed by atoms with Gasteiger partial charge in [-0.3, -0.25) is 15.1 Å². The quantitative estimate of drug-likeness (QED) is 0.571. The van der Waals surface area contributed by atoms with Gasteiger partial charge in [0.15, 0.2) is 0 Å². The van der Waals surface area contributed by atoms with E-state index in [0.717, 1.165) is 0 Å². The molecule has 1 aromatic heterocycles. The van der Waals surface area contributed by atoms with Crippen molar-refractivity contribution >= 4 is 16.5 Å². The first kappa shape index (κ1) is 14.0. The van der Waals surface area contributed by atoms with E-state index in [0.29, 0.717) is 27.7 Å². The van der Waals surface area contributed by atoms with E-state index in [1.165, 1.54) is 6.20 Å². The van der Waals surface area contributed by atoms with Crippen LogP contribution in [-0.2, 0) is 5.66 Å². The van der Waals surface area contributed by atoms with Crippen molar-refractivity contribution in [3.05, 3.63) is 69.8 Å². The van der Waals surface area contributed by atoms with Gasteiger partial charge in [-0.15, -0.1) is 0 Å². The number of hydrogen-bond acceptors (Lipinski definition) is 6. The molecule has 7 heteroatoms. The van der Waals surface area contributed by atoms with Crippen molar-refractivity contribution in [2.75, 3.05) is 0 Å². The maximum atomic E-state index is 11.3. The summed E-state index contributed by atoms with van der Waals surface area (Å²) < 4.78 is 0. The summed E-state index contributed by atoms with van der Waals surface area (Å²) in [4.78, 5) is 15.3. The molecule has 0 aliphatic carbocycles. The minimum Gasteiger partial charge on any atom is -0.398 e. The summed E-state index contributed by atoms with van der Waals surface area (Å²) in [6.45, 7) is 1.71. The number of nitrogens with zero attached hydrogens (tertiary/aromatic N) is 2. The molecule has 0 amide bonds. The maximum Gasteiger partial charge on any atom is 0.280 e. The standard InChI is InChI=1S/C15H15N5O2/c1-9-2-3-12-11(13(9)20(21)22)5-7-18-14(12)15(17)6-4-10(16)8-19-15/h2-8,19H,16-17H2,1H3. The normalized spacial score (nSPS) is 20.5. The van der Waals surface area contributed by atoms with Crippen LogP contribution in [0.25, 0.3) is 10.8 Å². The Balaban J connectivity index is 2.27. The highest BCUT2D eigenvalue weighted by Gasteiger charge is 2.30. The number of dihydropyridines is 1. The maximum absolute atomic E-state index is 11.3. The minimum atomic E-state index is -1.06. The van der Waals surface area contributed by atoms with Crippen molar-refractivity contribution in [3.8, 4) is 0 Å². The highest BCUT2D eigenvalue weighted by molar-refractivity contribution is 5.94. The number of pyridine rings is 1. The fourth-order valence-electron chi connectivity index (χ4n) is 2.59. The molecule has 3 rings (SSSR count). The third-order valence-electron chi connectivity index (χ3n) is 3.71. The molecular weight excluding hydrogens is 282 g/mol. The zero-order chi connectivity index (χ0) is 15.9. The van der Waals surface area contributed by atoms with Gasteiger partial charge in [-0.25, -0.2) is 0 Å². The first-order chi connectivity index (χ1) is 10.4. The summed E-state index contributed by atoms with van der Waals surface area (Å²) in [5.41, 5.74) is 12.7. The lowest BCUT2D eigenvalue weighted by Crippen LogP contribution is -2.48. The molecule has 112 valence electrons. The molecule has 0 bridgehead atoms. The number of benzene rings is 1. The summed E-state index contributed by atoms with van der Waals surface area (Å²) in [5, 5.41) is 15.5. The number of rotatable bonds is 2. The van der Waals surface area contributed by atoms with E-state index in [9.17, 15) is 10.1 Å². The van der Waals surface area contributed by atoms with Crippen LogP contribution < -0.4 is 16.8 Å². The molecule has 1 aliphatic rings. The molecule has 0 radical (unpaired) electrons. The molecule has 0 saturated heterocycles. The molecule has 1 aromatic carbocycles. The van der Waals surface area contributed by atoms with E-state index < -0.39 is 5.66 Å². The Labute approximate surface area is 126 Å². The van der Waals surface area contributed by atoms with Gasteiger partial charge in [0.1, 0.15) is 5.66 Å². The van der Waals surface area contributed by atoms with Gasteiger partial charge in [0.25, 0.3) is 5.69 Å². The Kier molecular flexibility index (Phi) is 3.07. The number of nitrogens with one attached hydrogen (secondary N) is 1. The monoisotopic (exact) mass is 297 g/mol. The molecule has 1 aliphatic heterocycles. The van der Waals surface area contributed by atoms with Crippen LogP contribution in [0.2, 0.25) is 0 Å². The molecule has 0 saturated carbocycles. The predicted octanol–water partition coefficient (Wildman–Crippen LogP) is 1.52. The van der Waals surface area contributed by atoms with Crippen LogP contribution in [0.4, 0.5) is 5.69 Å². The lowest BCUT2D eigenvalue weighted by Gasteiger charge is -2.29. The number of nitrogens with two attached hydrogens (primary N) is 2. The second-order valence-corrected chi connectivity index (χ2v) is 5.23. The third kappa shape index (κ3) is 2.08. The van der Waals surface area contributed by atoms with Crippen molar-refractivity contribution < 1.29 is 4.92 Å². The van der Waals surface area contributed by atoms with E-state index in [2.05, 4.69) is 10.3 Å². The van der Waals surface area contributed by atoms with Crippen LogP contribution in [0, 0.1) is 17.0 Å². The molecule has 1 unspecified atom stereocenters. The van der Waals surface area contributed by atoms with Gasteiger partial charge in [-0.2, -0.15) is 0 Å². The van der Waals surface area contributed by atoms with Gasteiger partial charge < -0.3 is 16.8 Å². The molecule has 2 heterocycles.